The normalized spacial score (nSPS) is 11.1. The van der Waals surface area contributed by atoms with Crippen LogP contribution in [0.3, 0.4) is 0 Å². The van der Waals surface area contributed by atoms with E-state index in [1.807, 2.05) is 43.3 Å². The quantitative estimate of drug-likeness (QED) is 0.556. The summed E-state index contributed by atoms with van der Waals surface area (Å²) in [5.74, 6) is -0.342. The molecule has 0 atom stereocenters. The Kier molecular flexibility index (Phi) is 4.35. The lowest BCUT2D eigenvalue weighted by Crippen LogP contribution is -1.93. The molecular formula is C13H14O2. The SMILES string of the molecule is C/C=C/c1ccccc1/C=C/C(=O)OC. The van der Waals surface area contributed by atoms with Gasteiger partial charge in [0.15, 0.2) is 0 Å². The van der Waals surface area contributed by atoms with Gasteiger partial charge in [0, 0.05) is 6.08 Å². The van der Waals surface area contributed by atoms with Crippen molar-refractivity contribution < 1.29 is 9.53 Å². The fourth-order valence-corrected chi connectivity index (χ4v) is 1.22. The number of benzene rings is 1. The van der Waals surface area contributed by atoms with Gasteiger partial charge in [-0.1, -0.05) is 36.4 Å². The zero-order valence-corrected chi connectivity index (χ0v) is 8.94. The van der Waals surface area contributed by atoms with Crippen molar-refractivity contribution in [2.24, 2.45) is 0 Å². The summed E-state index contributed by atoms with van der Waals surface area (Å²) >= 11 is 0. The van der Waals surface area contributed by atoms with Crippen LogP contribution in [0.25, 0.3) is 12.2 Å². The van der Waals surface area contributed by atoms with Gasteiger partial charge in [0.1, 0.15) is 0 Å². The number of carbonyl (C=O) groups is 1. The van der Waals surface area contributed by atoms with Gasteiger partial charge in [-0.2, -0.15) is 0 Å². The zero-order chi connectivity index (χ0) is 11.1. The second-order valence-electron chi connectivity index (χ2n) is 2.99. The second-order valence-corrected chi connectivity index (χ2v) is 2.99. The number of hydrogen-bond acceptors (Lipinski definition) is 2. The molecule has 0 fully saturated rings. The molecule has 1 rings (SSSR count). The van der Waals surface area contributed by atoms with Crippen molar-refractivity contribution in [1.29, 1.82) is 0 Å². The van der Waals surface area contributed by atoms with Gasteiger partial charge < -0.3 is 4.74 Å². The van der Waals surface area contributed by atoms with E-state index < -0.39 is 0 Å². The first kappa shape index (κ1) is 11.2. The van der Waals surface area contributed by atoms with Crippen LogP contribution in [0.2, 0.25) is 0 Å². The van der Waals surface area contributed by atoms with E-state index in [0.29, 0.717) is 0 Å². The summed E-state index contributed by atoms with van der Waals surface area (Å²) in [5, 5.41) is 0. The Morgan fingerprint density at radius 2 is 1.80 bits per heavy atom. The predicted octanol–water partition coefficient (Wildman–Crippen LogP) is 2.91. The summed E-state index contributed by atoms with van der Waals surface area (Å²) in [6, 6.07) is 7.85. The number of esters is 1. The molecule has 0 aliphatic heterocycles. The third kappa shape index (κ3) is 3.43. The Morgan fingerprint density at radius 3 is 2.33 bits per heavy atom. The molecule has 2 nitrogen and oxygen atoms in total. The fraction of sp³-hybridized carbons (Fsp3) is 0.154. The Balaban J connectivity index is 2.93. The van der Waals surface area contributed by atoms with Crippen LogP contribution in [0.5, 0.6) is 0 Å². The Bertz CT molecular complexity index is 389. The van der Waals surface area contributed by atoms with Gasteiger partial charge in [0.05, 0.1) is 7.11 Å². The van der Waals surface area contributed by atoms with Crippen LogP contribution in [0.1, 0.15) is 18.1 Å². The average molecular weight is 202 g/mol. The topological polar surface area (TPSA) is 26.3 Å². The maximum atomic E-state index is 10.9. The molecule has 0 aliphatic rings. The largest absolute Gasteiger partial charge is 0.466 e. The summed E-state index contributed by atoms with van der Waals surface area (Å²) in [4.78, 5) is 10.9. The van der Waals surface area contributed by atoms with Crippen molar-refractivity contribution >= 4 is 18.1 Å². The van der Waals surface area contributed by atoms with Crippen LogP contribution in [-0.2, 0) is 9.53 Å². The standard InChI is InChI=1S/C13H14O2/c1-3-6-11-7-4-5-8-12(11)9-10-13(14)15-2/h3-10H,1-2H3/b6-3+,10-9+. The predicted molar refractivity (Wildman–Crippen MR) is 62.2 cm³/mol. The number of rotatable bonds is 3. The van der Waals surface area contributed by atoms with E-state index in [-0.39, 0.29) is 5.97 Å². The maximum absolute atomic E-state index is 10.9. The first-order chi connectivity index (χ1) is 7.27. The molecule has 0 aliphatic carbocycles. The number of methoxy groups -OCH3 is 1. The summed E-state index contributed by atoms with van der Waals surface area (Å²) in [6.45, 7) is 1.96. The van der Waals surface area contributed by atoms with E-state index in [4.69, 9.17) is 0 Å². The average Bonchev–Trinajstić information content (AvgIpc) is 2.28. The van der Waals surface area contributed by atoms with Gasteiger partial charge in [0.25, 0.3) is 0 Å². The lowest BCUT2D eigenvalue weighted by Gasteiger charge is -1.99. The van der Waals surface area contributed by atoms with Crippen LogP contribution in [-0.4, -0.2) is 13.1 Å². The smallest absolute Gasteiger partial charge is 0.330 e. The Morgan fingerprint density at radius 1 is 1.20 bits per heavy atom. The van der Waals surface area contributed by atoms with Crippen molar-refractivity contribution in [2.45, 2.75) is 6.92 Å². The van der Waals surface area contributed by atoms with Crippen molar-refractivity contribution in [3.05, 3.63) is 47.5 Å². The summed E-state index contributed by atoms with van der Waals surface area (Å²) in [6.07, 6.45) is 7.13. The minimum atomic E-state index is -0.342. The van der Waals surface area contributed by atoms with Crippen molar-refractivity contribution in [3.63, 3.8) is 0 Å². The van der Waals surface area contributed by atoms with Gasteiger partial charge >= 0.3 is 5.97 Å². The third-order valence-electron chi connectivity index (χ3n) is 1.94. The molecule has 0 unspecified atom stereocenters. The van der Waals surface area contributed by atoms with E-state index >= 15 is 0 Å². The molecule has 0 spiro atoms. The minimum Gasteiger partial charge on any atom is -0.466 e. The molecule has 0 bridgehead atoms. The van der Waals surface area contributed by atoms with Crippen LogP contribution in [0.15, 0.2) is 36.4 Å². The van der Waals surface area contributed by atoms with Crippen molar-refractivity contribution in [2.75, 3.05) is 7.11 Å². The monoisotopic (exact) mass is 202 g/mol. The molecule has 1 aromatic rings. The van der Waals surface area contributed by atoms with E-state index in [0.717, 1.165) is 11.1 Å². The van der Waals surface area contributed by atoms with Crippen LogP contribution in [0, 0.1) is 0 Å². The Labute approximate surface area is 89.9 Å². The van der Waals surface area contributed by atoms with Crippen molar-refractivity contribution in [1.82, 2.24) is 0 Å². The van der Waals surface area contributed by atoms with E-state index in [1.54, 1.807) is 6.08 Å². The first-order valence-corrected chi connectivity index (χ1v) is 4.75. The molecule has 0 saturated heterocycles. The second kappa shape index (κ2) is 5.81. The Hall–Kier alpha value is -1.83. The van der Waals surface area contributed by atoms with Crippen LogP contribution in [0.4, 0.5) is 0 Å². The van der Waals surface area contributed by atoms with Crippen LogP contribution < -0.4 is 0 Å². The van der Waals surface area contributed by atoms with E-state index in [2.05, 4.69) is 4.74 Å². The third-order valence-corrected chi connectivity index (χ3v) is 1.94. The highest BCUT2D eigenvalue weighted by molar-refractivity contribution is 5.87. The molecule has 0 amide bonds. The molecule has 78 valence electrons. The molecular weight excluding hydrogens is 188 g/mol. The molecule has 0 aromatic heterocycles. The summed E-state index contributed by atoms with van der Waals surface area (Å²) < 4.78 is 4.53. The van der Waals surface area contributed by atoms with Gasteiger partial charge in [-0.15, -0.1) is 0 Å². The van der Waals surface area contributed by atoms with E-state index in [9.17, 15) is 4.79 Å². The van der Waals surface area contributed by atoms with E-state index in [1.165, 1.54) is 13.2 Å². The van der Waals surface area contributed by atoms with Gasteiger partial charge in [-0.25, -0.2) is 4.79 Å². The number of hydrogen-bond donors (Lipinski definition) is 0. The highest BCUT2D eigenvalue weighted by atomic mass is 16.5. The lowest BCUT2D eigenvalue weighted by atomic mass is 10.1. The van der Waals surface area contributed by atoms with Gasteiger partial charge in [0.2, 0.25) is 0 Å². The minimum absolute atomic E-state index is 0.342. The van der Waals surface area contributed by atoms with Crippen molar-refractivity contribution in [3.8, 4) is 0 Å². The number of allylic oxidation sites excluding steroid dienone is 1. The highest BCUT2D eigenvalue weighted by Gasteiger charge is 1.95. The highest BCUT2D eigenvalue weighted by Crippen LogP contribution is 2.12. The molecule has 0 N–H and O–H groups in total. The molecule has 0 radical (unpaired) electrons. The van der Waals surface area contributed by atoms with Gasteiger partial charge in [-0.3, -0.25) is 0 Å². The maximum Gasteiger partial charge on any atom is 0.330 e. The molecule has 2 heteroatoms. The summed E-state index contributed by atoms with van der Waals surface area (Å²) in [5.41, 5.74) is 2.08. The molecule has 0 heterocycles. The molecule has 15 heavy (non-hydrogen) atoms. The number of ether oxygens (including phenoxy) is 1. The lowest BCUT2D eigenvalue weighted by molar-refractivity contribution is -0.134. The van der Waals surface area contributed by atoms with Crippen LogP contribution >= 0.6 is 0 Å². The van der Waals surface area contributed by atoms with Gasteiger partial charge in [-0.05, 0) is 24.1 Å². The number of carbonyl (C=O) groups excluding carboxylic acids is 1. The zero-order valence-electron chi connectivity index (χ0n) is 8.94. The molecule has 1 aromatic carbocycles. The fourth-order valence-electron chi connectivity index (χ4n) is 1.22. The summed E-state index contributed by atoms with van der Waals surface area (Å²) in [7, 11) is 1.37. The first-order valence-electron chi connectivity index (χ1n) is 4.75. The molecule has 0 saturated carbocycles.